The van der Waals surface area contributed by atoms with Crippen molar-refractivity contribution in [3.8, 4) is 0 Å². The quantitative estimate of drug-likeness (QED) is 0.875. The molecule has 0 saturated carbocycles. The van der Waals surface area contributed by atoms with Crippen LogP contribution in [0.15, 0.2) is 52.8 Å². The Bertz CT molecular complexity index is 500. The van der Waals surface area contributed by atoms with Gasteiger partial charge in [-0.05, 0) is 36.2 Å². The summed E-state index contributed by atoms with van der Waals surface area (Å²) in [5.41, 5.74) is 1.24. The van der Waals surface area contributed by atoms with E-state index in [0.717, 1.165) is 18.1 Å². The van der Waals surface area contributed by atoms with Crippen LogP contribution >= 0.6 is 11.8 Å². The fraction of sp³-hybridized carbons (Fsp3) is 0.333. The van der Waals surface area contributed by atoms with Gasteiger partial charge in [-0.15, -0.1) is 0 Å². The van der Waals surface area contributed by atoms with Gasteiger partial charge in [0.05, 0.1) is 0 Å². The monoisotopic (exact) mass is 273 g/mol. The van der Waals surface area contributed by atoms with Gasteiger partial charge in [-0.2, -0.15) is 0 Å². The van der Waals surface area contributed by atoms with Gasteiger partial charge in [0.1, 0.15) is 5.03 Å². The molecule has 4 heteroatoms. The maximum atomic E-state index is 4.47. The van der Waals surface area contributed by atoms with E-state index in [-0.39, 0.29) is 0 Å². The molecule has 0 bridgehead atoms. The molecule has 3 nitrogen and oxygen atoms in total. The summed E-state index contributed by atoms with van der Waals surface area (Å²) in [6.07, 6.45) is 5.46. The molecule has 0 unspecified atom stereocenters. The van der Waals surface area contributed by atoms with Crippen molar-refractivity contribution in [1.29, 1.82) is 0 Å². The fourth-order valence-electron chi connectivity index (χ4n) is 1.66. The molecule has 100 valence electrons. The van der Waals surface area contributed by atoms with Gasteiger partial charge in [-0.25, -0.2) is 4.98 Å². The minimum absolute atomic E-state index is 0.660. The Kier molecular flexibility index (Phi) is 5.36. The Morgan fingerprint density at radius 3 is 2.68 bits per heavy atom. The summed E-state index contributed by atoms with van der Waals surface area (Å²) in [6.45, 7) is 6.31. The molecule has 0 saturated heterocycles. The van der Waals surface area contributed by atoms with E-state index in [4.69, 9.17) is 0 Å². The van der Waals surface area contributed by atoms with Gasteiger partial charge >= 0.3 is 0 Å². The molecule has 1 N–H and O–H groups in total. The molecule has 2 rings (SSSR count). The van der Waals surface area contributed by atoms with E-state index >= 15 is 0 Å². The summed E-state index contributed by atoms with van der Waals surface area (Å²) in [5.74, 6) is 0.660. The van der Waals surface area contributed by atoms with E-state index < -0.39 is 0 Å². The van der Waals surface area contributed by atoms with Crippen LogP contribution in [0, 0.1) is 5.92 Å². The number of nitrogens with zero attached hydrogens (tertiary/aromatic N) is 2. The molecule has 0 spiro atoms. The van der Waals surface area contributed by atoms with E-state index in [2.05, 4.69) is 35.2 Å². The minimum Gasteiger partial charge on any atom is -0.312 e. The van der Waals surface area contributed by atoms with Crippen molar-refractivity contribution in [3.63, 3.8) is 0 Å². The maximum Gasteiger partial charge on any atom is 0.105 e. The standard InChI is InChI=1S/C15H19N3S/c1-12(2)10-17-11-13-4-3-7-18-15(13)19-14-5-8-16-9-6-14/h3-9,12,17H,10-11H2,1-2H3. The summed E-state index contributed by atoms with van der Waals surface area (Å²) < 4.78 is 0. The van der Waals surface area contributed by atoms with Crippen molar-refractivity contribution in [1.82, 2.24) is 15.3 Å². The van der Waals surface area contributed by atoms with E-state index in [0.29, 0.717) is 5.92 Å². The molecule has 0 aliphatic rings. The van der Waals surface area contributed by atoms with Gasteiger partial charge in [-0.1, -0.05) is 31.7 Å². The third-order valence-corrected chi connectivity index (χ3v) is 3.65. The summed E-state index contributed by atoms with van der Waals surface area (Å²) in [6, 6.07) is 8.13. The lowest BCUT2D eigenvalue weighted by Crippen LogP contribution is -2.19. The van der Waals surface area contributed by atoms with Crippen molar-refractivity contribution in [2.45, 2.75) is 30.3 Å². The molecular formula is C15H19N3S. The van der Waals surface area contributed by atoms with Crippen LogP contribution in [0.2, 0.25) is 0 Å². The number of hydrogen-bond acceptors (Lipinski definition) is 4. The number of pyridine rings is 2. The molecule has 0 aliphatic carbocycles. The molecule has 2 aromatic rings. The highest BCUT2D eigenvalue weighted by molar-refractivity contribution is 7.99. The van der Waals surface area contributed by atoms with Gasteiger partial charge in [0.2, 0.25) is 0 Å². The first-order valence-corrected chi connectivity index (χ1v) is 7.30. The van der Waals surface area contributed by atoms with Gasteiger partial charge in [-0.3, -0.25) is 4.98 Å². The highest BCUT2D eigenvalue weighted by Gasteiger charge is 2.05. The Morgan fingerprint density at radius 1 is 1.16 bits per heavy atom. The summed E-state index contributed by atoms with van der Waals surface area (Å²) in [5, 5.41) is 4.52. The maximum absolute atomic E-state index is 4.47. The Balaban J connectivity index is 2.04. The SMILES string of the molecule is CC(C)CNCc1cccnc1Sc1ccncc1. The van der Waals surface area contributed by atoms with E-state index in [9.17, 15) is 0 Å². The predicted octanol–water partition coefficient (Wildman–Crippen LogP) is 3.37. The van der Waals surface area contributed by atoms with Crippen LogP contribution in [0.5, 0.6) is 0 Å². The van der Waals surface area contributed by atoms with Crippen LogP contribution in [0.3, 0.4) is 0 Å². The topological polar surface area (TPSA) is 37.8 Å². The second-order valence-corrected chi connectivity index (χ2v) is 5.84. The molecule has 0 aromatic carbocycles. The lowest BCUT2D eigenvalue weighted by molar-refractivity contribution is 0.549. The molecule has 0 aliphatic heterocycles. The second kappa shape index (κ2) is 7.26. The Labute approximate surface area is 118 Å². The molecule has 2 heterocycles. The van der Waals surface area contributed by atoms with Gasteiger partial charge < -0.3 is 5.32 Å². The molecule has 19 heavy (non-hydrogen) atoms. The zero-order valence-electron chi connectivity index (χ0n) is 11.3. The van der Waals surface area contributed by atoms with Crippen LogP contribution in [0.1, 0.15) is 19.4 Å². The second-order valence-electron chi connectivity index (χ2n) is 4.78. The highest BCUT2D eigenvalue weighted by atomic mass is 32.2. The van der Waals surface area contributed by atoms with E-state index in [1.54, 1.807) is 11.8 Å². The average molecular weight is 273 g/mol. The summed E-state index contributed by atoms with van der Waals surface area (Å²) in [7, 11) is 0. The number of aromatic nitrogens is 2. The largest absolute Gasteiger partial charge is 0.312 e. The van der Waals surface area contributed by atoms with E-state index in [1.807, 2.05) is 36.8 Å². The molecular weight excluding hydrogens is 254 g/mol. The third kappa shape index (κ3) is 4.65. The predicted molar refractivity (Wildman–Crippen MR) is 79.1 cm³/mol. The average Bonchev–Trinajstić information content (AvgIpc) is 2.41. The van der Waals surface area contributed by atoms with Gasteiger partial charge in [0, 0.05) is 30.0 Å². The first kappa shape index (κ1) is 14.0. The van der Waals surface area contributed by atoms with E-state index in [1.165, 1.54) is 10.5 Å². The summed E-state index contributed by atoms with van der Waals surface area (Å²) in [4.78, 5) is 9.67. The normalized spacial score (nSPS) is 10.9. The van der Waals surface area contributed by atoms with Crippen molar-refractivity contribution < 1.29 is 0 Å². The van der Waals surface area contributed by atoms with Crippen molar-refractivity contribution in [2.75, 3.05) is 6.54 Å². The highest BCUT2D eigenvalue weighted by Crippen LogP contribution is 2.27. The van der Waals surface area contributed by atoms with Crippen molar-refractivity contribution in [3.05, 3.63) is 48.4 Å². The molecule has 0 amide bonds. The van der Waals surface area contributed by atoms with Crippen molar-refractivity contribution in [2.24, 2.45) is 5.92 Å². The fourth-order valence-corrected chi connectivity index (χ4v) is 2.53. The van der Waals surface area contributed by atoms with Crippen LogP contribution in [0.4, 0.5) is 0 Å². The lowest BCUT2D eigenvalue weighted by Gasteiger charge is -2.10. The molecule has 0 atom stereocenters. The molecule has 0 radical (unpaired) electrons. The zero-order chi connectivity index (χ0) is 13.5. The number of hydrogen-bond donors (Lipinski definition) is 1. The van der Waals surface area contributed by atoms with Crippen molar-refractivity contribution >= 4 is 11.8 Å². The van der Waals surface area contributed by atoms with Crippen LogP contribution in [0.25, 0.3) is 0 Å². The van der Waals surface area contributed by atoms with Crippen LogP contribution < -0.4 is 5.32 Å². The number of rotatable bonds is 6. The number of nitrogens with one attached hydrogen (secondary N) is 1. The zero-order valence-corrected chi connectivity index (χ0v) is 12.2. The Hall–Kier alpha value is -1.39. The first-order valence-electron chi connectivity index (χ1n) is 6.48. The molecule has 0 fully saturated rings. The Morgan fingerprint density at radius 2 is 1.95 bits per heavy atom. The minimum atomic E-state index is 0.660. The smallest absolute Gasteiger partial charge is 0.105 e. The lowest BCUT2D eigenvalue weighted by atomic mass is 10.2. The van der Waals surface area contributed by atoms with Crippen LogP contribution in [-0.4, -0.2) is 16.5 Å². The molecule has 2 aromatic heterocycles. The summed E-state index contributed by atoms with van der Waals surface area (Å²) >= 11 is 1.68. The van der Waals surface area contributed by atoms with Gasteiger partial charge in [0.15, 0.2) is 0 Å². The van der Waals surface area contributed by atoms with Crippen LogP contribution in [-0.2, 0) is 6.54 Å². The third-order valence-electron chi connectivity index (χ3n) is 2.58. The first-order chi connectivity index (χ1) is 9.25. The van der Waals surface area contributed by atoms with Gasteiger partial charge in [0.25, 0.3) is 0 Å².